The second-order valence-corrected chi connectivity index (χ2v) is 7.88. The Bertz CT molecular complexity index is 1300. The first-order chi connectivity index (χ1) is 16.4. The molecule has 10 nitrogen and oxygen atoms in total. The molecule has 3 aromatic rings. The molecule has 2 fully saturated rings. The van der Waals surface area contributed by atoms with Gasteiger partial charge in [-0.25, -0.2) is 9.96 Å². The van der Waals surface area contributed by atoms with Gasteiger partial charge in [-0.3, -0.25) is 24.5 Å². The normalized spacial score (nSPS) is 21.6. The highest BCUT2D eigenvalue weighted by molar-refractivity contribution is 6.23. The van der Waals surface area contributed by atoms with Gasteiger partial charge in [-0.2, -0.15) is 0 Å². The lowest BCUT2D eigenvalue weighted by Gasteiger charge is -2.29. The van der Waals surface area contributed by atoms with Crippen LogP contribution in [0.25, 0.3) is 0 Å². The minimum Gasteiger partial charge on any atom is -0.504 e. The molecule has 2 aliphatic heterocycles. The third kappa shape index (κ3) is 3.32. The van der Waals surface area contributed by atoms with E-state index in [1.807, 2.05) is 0 Å². The number of non-ortho nitro benzene ring substituents is 1. The number of hydrogen-bond donors (Lipinski definition) is 1. The summed E-state index contributed by atoms with van der Waals surface area (Å²) in [6.07, 6.45) is -1.13. The number of benzene rings is 3. The highest BCUT2D eigenvalue weighted by Gasteiger charge is 2.60. The molecular weight excluding hydrogens is 442 g/mol. The second kappa shape index (κ2) is 8.16. The van der Waals surface area contributed by atoms with Crippen molar-refractivity contribution >= 4 is 28.9 Å². The maximum atomic E-state index is 13.6. The van der Waals surface area contributed by atoms with Gasteiger partial charge in [-0.1, -0.05) is 30.3 Å². The summed E-state index contributed by atoms with van der Waals surface area (Å²) in [5.74, 6) is -1.82. The van der Waals surface area contributed by atoms with Crippen LogP contribution >= 0.6 is 0 Å². The molecule has 2 aliphatic rings. The molecule has 172 valence electrons. The van der Waals surface area contributed by atoms with Crippen molar-refractivity contribution in [1.29, 1.82) is 0 Å². The number of hydroxylamine groups is 1. The summed E-state index contributed by atoms with van der Waals surface area (Å²) >= 11 is 0. The number of amides is 2. The lowest BCUT2D eigenvalue weighted by Crippen LogP contribution is -2.37. The summed E-state index contributed by atoms with van der Waals surface area (Å²) in [5, 5.41) is 22.7. The number of carbonyl (C=O) groups excluding carboxylic acids is 2. The van der Waals surface area contributed by atoms with E-state index in [-0.39, 0.29) is 17.2 Å². The maximum absolute atomic E-state index is 13.6. The number of rotatable bonds is 5. The number of nitro groups is 1. The van der Waals surface area contributed by atoms with Gasteiger partial charge in [0.05, 0.1) is 29.4 Å². The molecule has 10 heteroatoms. The van der Waals surface area contributed by atoms with E-state index >= 15 is 0 Å². The summed E-state index contributed by atoms with van der Waals surface area (Å²) in [6, 6.07) is 18.1. The predicted octanol–water partition coefficient (Wildman–Crippen LogP) is 3.36. The largest absolute Gasteiger partial charge is 0.504 e. The highest BCUT2D eigenvalue weighted by atomic mass is 16.7. The number of aromatic hydroxyl groups is 1. The third-order valence-electron chi connectivity index (χ3n) is 5.97. The molecule has 2 heterocycles. The third-order valence-corrected chi connectivity index (χ3v) is 5.97. The quantitative estimate of drug-likeness (QED) is 0.349. The van der Waals surface area contributed by atoms with Gasteiger partial charge >= 0.3 is 0 Å². The molecule has 34 heavy (non-hydrogen) atoms. The van der Waals surface area contributed by atoms with E-state index in [1.165, 1.54) is 36.4 Å². The van der Waals surface area contributed by atoms with Crippen LogP contribution in [0.1, 0.15) is 11.6 Å². The van der Waals surface area contributed by atoms with Crippen molar-refractivity contribution in [2.45, 2.75) is 12.1 Å². The van der Waals surface area contributed by atoms with Gasteiger partial charge in [0, 0.05) is 12.1 Å². The van der Waals surface area contributed by atoms with Gasteiger partial charge in [0.1, 0.15) is 5.92 Å². The summed E-state index contributed by atoms with van der Waals surface area (Å²) in [6.45, 7) is 0. The van der Waals surface area contributed by atoms with Gasteiger partial charge in [-0.05, 0) is 35.9 Å². The Balaban J connectivity index is 1.62. The van der Waals surface area contributed by atoms with Crippen LogP contribution in [0.4, 0.5) is 17.1 Å². The zero-order chi connectivity index (χ0) is 24.0. The van der Waals surface area contributed by atoms with E-state index in [2.05, 4.69) is 0 Å². The number of nitro benzene ring substituents is 1. The number of carbonyl (C=O) groups is 2. The number of phenolic OH excluding ortho intramolecular Hbond substituents is 1. The first-order valence-corrected chi connectivity index (χ1v) is 10.4. The molecule has 2 saturated heterocycles. The molecule has 0 aromatic heterocycles. The smallest absolute Gasteiger partial charge is 0.271 e. The van der Waals surface area contributed by atoms with Gasteiger partial charge in [0.25, 0.3) is 11.6 Å². The molecule has 0 unspecified atom stereocenters. The Morgan fingerprint density at radius 3 is 2.41 bits per heavy atom. The number of ether oxygens (including phenoxy) is 1. The average Bonchev–Trinajstić information content (AvgIpc) is 3.36. The molecule has 0 saturated carbocycles. The van der Waals surface area contributed by atoms with Gasteiger partial charge in [0.15, 0.2) is 17.6 Å². The number of fused-ring (bicyclic) bond motifs is 1. The molecule has 3 atom stereocenters. The van der Waals surface area contributed by atoms with Gasteiger partial charge in [0.2, 0.25) is 5.91 Å². The van der Waals surface area contributed by atoms with Crippen molar-refractivity contribution in [2.24, 2.45) is 5.92 Å². The number of nitrogens with zero attached hydrogens (tertiary/aromatic N) is 3. The van der Waals surface area contributed by atoms with Crippen LogP contribution in [0.3, 0.4) is 0 Å². The molecular formula is C24H19N3O7. The van der Waals surface area contributed by atoms with Crippen molar-refractivity contribution in [1.82, 2.24) is 0 Å². The zero-order valence-electron chi connectivity index (χ0n) is 17.9. The van der Waals surface area contributed by atoms with Crippen LogP contribution in [-0.4, -0.2) is 35.1 Å². The van der Waals surface area contributed by atoms with E-state index in [4.69, 9.17) is 9.57 Å². The van der Waals surface area contributed by atoms with Crippen LogP contribution < -0.4 is 14.7 Å². The molecule has 0 spiro atoms. The molecule has 1 N–H and O–H groups in total. The molecule has 0 aliphatic carbocycles. The van der Waals surface area contributed by atoms with Crippen LogP contribution in [0.15, 0.2) is 72.8 Å². The minimum absolute atomic E-state index is 0.0941. The highest BCUT2D eigenvalue weighted by Crippen LogP contribution is 2.49. The molecule has 5 rings (SSSR count). The fourth-order valence-corrected chi connectivity index (χ4v) is 4.43. The summed E-state index contributed by atoms with van der Waals surface area (Å²) in [4.78, 5) is 44.7. The van der Waals surface area contributed by atoms with Crippen LogP contribution in [0, 0.1) is 16.0 Å². The van der Waals surface area contributed by atoms with Crippen LogP contribution in [0.5, 0.6) is 11.5 Å². The number of anilines is 2. The predicted molar refractivity (Wildman–Crippen MR) is 120 cm³/mol. The average molecular weight is 461 g/mol. The summed E-state index contributed by atoms with van der Waals surface area (Å²) in [7, 11) is 1.40. The maximum Gasteiger partial charge on any atom is 0.271 e. The van der Waals surface area contributed by atoms with Crippen molar-refractivity contribution in [3.8, 4) is 11.5 Å². The zero-order valence-corrected chi connectivity index (χ0v) is 17.9. The first kappa shape index (κ1) is 21.4. The van der Waals surface area contributed by atoms with Crippen molar-refractivity contribution in [2.75, 3.05) is 17.1 Å². The summed E-state index contributed by atoms with van der Waals surface area (Å²) in [5.41, 5.74) is 1.11. The Hall–Kier alpha value is -4.44. The number of phenols is 1. The summed E-state index contributed by atoms with van der Waals surface area (Å²) < 4.78 is 5.23. The Morgan fingerprint density at radius 2 is 1.71 bits per heavy atom. The van der Waals surface area contributed by atoms with Crippen molar-refractivity contribution in [3.05, 3.63) is 88.5 Å². The number of para-hydroxylation sites is 1. The van der Waals surface area contributed by atoms with Crippen LogP contribution in [0.2, 0.25) is 0 Å². The fourth-order valence-electron chi connectivity index (χ4n) is 4.43. The van der Waals surface area contributed by atoms with E-state index < -0.39 is 34.8 Å². The SMILES string of the molecule is COc1cc([C@@H]2[C@H]3C(=O)N(c4ccccc4)C(=O)[C@H]3ON2c2cccc([N+](=O)[O-])c2)ccc1O. The number of methoxy groups -OCH3 is 1. The van der Waals surface area contributed by atoms with E-state index in [0.29, 0.717) is 16.9 Å². The van der Waals surface area contributed by atoms with E-state index in [9.17, 15) is 24.8 Å². The van der Waals surface area contributed by atoms with E-state index in [0.717, 1.165) is 4.90 Å². The van der Waals surface area contributed by atoms with Gasteiger partial charge < -0.3 is 9.84 Å². The molecule has 3 aromatic carbocycles. The van der Waals surface area contributed by atoms with Crippen molar-refractivity contribution in [3.63, 3.8) is 0 Å². The fraction of sp³-hybridized carbons (Fsp3) is 0.167. The topological polar surface area (TPSA) is 122 Å². The number of hydrogen-bond acceptors (Lipinski definition) is 8. The molecule has 0 bridgehead atoms. The Labute approximate surface area is 193 Å². The number of imide groups is 1. The minimum atomic E-state index is -1.13. The Morgan fingerprint density at radius 1 is 0.971 bits per heavy atom. The first-order valence-electron chi connectivity index (χ1n) is 10.4. The van der Waals surface area contributed by atoms with Crippen molar-refractivity contribution < 1.29 is 29.2 Å². The van der Waals surface area contributed by atoms with E-state index in [1.54, 1.807) is 48.5 Å². The lowest BCUT2D eigenvalue weighted by molar-refractivity contribution is -0.384. The Kier molecular flexibility index (Phi) is 5.14. The standard InChI is InChI=1S/C24H19N3O7/c1-33-19-12-14(10-11-18(19)28)21-20-22(24(30)25(23(20)29)15-6-3-2-4-7-15)34-26(21)16-8-5-9-17(13-16)27(31)32/h2-13,20-22,28H,1H3/t20-,21-,22+/m1/s1. The lowest BCUT2D eigenvalue weighted by atomic mass is 9.90. The van der Waals surface area contributed by atoms with Crippen LogP contribution in [-0.2, 0) is 14.4 Å². The molecule has 2 amide bonds. The second-order valence-electron chi connectivity index (χ2n) is 7.88. The van der Waals surface area contributed by atoms with Gasteiger partial charge in [-0.15, -0.1) is 0 Å². The molecule has 0 radical (unpaired) electrons. The monoisotopic (exact) mass is 461 g/mol.